The minimum atomic E-state index is -1.62. The lowest BCUT2D eigenvalue weighted by atomic mass is 9.77. The number of amides is 1. The maximum absolute atomic E-state index is 11.6. The van der Waals surface area contributed by atoms with E-state index >= 15 is 0 Å². The van der Waals surface area contributed by atoms with Crippen LogP contribution in [0.15, 0.2) is 78.9 Å². The van der Waals surface area contributed by atoms with Crippen LogP contribution in [-0.4, -0.2) is 78.9 Å². The van der Waals surface area contributed by atoms with E-state index in [2.05, 4.69) is 5.32 Å². The molecule has 0 radical (unpaired) electrons. The fourth-order valence-electron chi connectivity index (χ4n) is 4.55. The zero-order valence-corrected chi connectivity index (χ0v) is 23.3. The van der Waals surface area contributed by atoms with Crippen molar-refractivity contribution in [2.75, 3.05) is 33.8 Å². The first-order valence-electron chi connectivity index (χ1n) is 13.3. The fraction of sp³-hybridized carbons (Fsp3) is 0.233. The van der Waals surface area contributed by atoms with Crippen molar-refractivity contribution in [3.8, 4) is 11.5 Å². The monoisotopic (exact) mass is 556 g/mol. The molecule has 5 N–H and O–H groups in total. The van der Waals surface area contributed by atoms with E-state index in [0.29, 0.717) is 42.1 Å². The molecule has 0 bridgehead atoms. The molecule has 0 saturated heterocycles. The first kappa shape index (κ1) is 30.1. The van der Waals surface area contributed by atoms with Crippen molar-refractivity contribution in [2.24, 2.45) is 0 Å². The van der Waals surface area contributed by atoms with Gasteiger partial charge in [-0.05, 0) is 52.7 Å². The summed E-state index contributed by atoms with van der Waals surface area (Å²) in [5.74, 6) is 1.17. The molecule has 0 aromatic heterocycles. The number of hydrogen-bond donors (Lipinski definition) is 5. The van der Waals surface area contributed by atoms with E-state index in [1.54, 1.807) is 44.4 Å². The van der Waals surface area contributed by atoms with Gasteiger partial charge in [0.1, 0.15) is 24.2 Å². The molecule has 1 aliphatic rings. The van der Waals surface area contributed by atoms with Crippen LogP contribution in [0.3, 0.4) is 0 Å². The van der Waals surface area contributed by atoms with Gasteiger partial charge >= 0.3 is 14.2 Å². The van der Waals surface area contributed by atoms with E-state index in [4.69, 9.17) is 9.47 Å². The number of ether oxygens (including phenoxy) is 2. The molecule has 1 aliphatic heterocycles. The van der Waals surface area contributed by atoms with Crippen molar-refractivity contribution in [2.45, 2.75) is 13.0 Å². The number of hydrogen-bond acceptors (Lipinski definition) is 8. The second kappa shape index (κ2) is 13.7. The highest BCUT2D eigenvalue weighted by atomic mass is 16.5. The summed E-state index contributed by atoms with van der Waals surface area (Å²) in [6.07, 6.45) is 2.79. The fourth-order valence-corrected chi connectivity index (χ4v) is 4.55. The highest BCUT2D eigenvalue weighted by Gasteiger charge is 2.30. The second-order valence-electron chi connectivity index (χ2n) is 9.92. The van der Waals surface area contributed by atoms with Crippen molar-refractivity contribution in [3.05, 3.63) is 95.6 Å². The van der Waals surface area contributed by atoms with Crippen molar-refractivity contribution in [1.29, 1.82) is 0 Å². The topological polar surface area (TPSA) is 132 Å². The first-order valence-corrected chi connectivity index (χ1v) is 13.3. The lowest BCUT2D eigenvalue weighted by Gasteiger charge is -2.31. The van der Waals surface area contributed by atoms with Crippen LogP contribution < -0.4 is 25.7 Å². The Labute approximate surface area is 240 Å². The van der Waals surface area contributed by atoms with Gasteiger partial charge in [-0.3, -0.25) is 4.79 Å². The van der Waals surface area contributed by atoms with Crippen LogP contribution in [0.2, 0.25) is 0 Å². The van der Waals surface area contributed by atoms with Crippen molar-refractivity contribution in [3.63, 3.8) is 0 Å². The van der Waals surface area contributed by atoms with E-state index in [1.165, 1.54) is 11.0 Å². The van der Waals surface area contributed by atoms with Crippen LogP contribution in [-0.2, 0) is 4.79 Å². The van der Waals surface area contributed by atoms with Gasteiger partial charge in [-0.1, -0.05) is 54.6 Å². The van der Waals surface area contributed by atoms with Crippen LogP contribution in [0.25, 0.3) is 11.1 Å². The zero-order valence-electron chi connectivity index (χ0n) is 23.3. The van der Waals surface area contributed by atoms with Crippen LogP contribution in [0, 0.1) is 0 Å². The zero-order chi connectivity index (χ0) is 29.5. The van der Waals surface area contributed by atoms with E-state index in [-0.39, 0.29) is 5.91 Å². The average molecular weight is 556 g/mol. The summed E-state index contributed by atoms with van der Waals surface area (Å²) in [6.45, 7) is 3.60. The summed E-state index contributed by atoms with van der Waals surface area (Å²) in [5.41, 5.74) is 5.15. The van der Waals surface area contributed by atoms with Gasteiger partial charge in [0.25, 0.3) is 0 Å². The predicted octanol–water partition coefficient (Wildman–Crippen LogP) is 0.723. The average Bonchev–Trinajstić information content (AvgIpc) is 2.96. The molecule has 41 heavy (non-hydrogen) atoms. The molecule has 0 fully saturated rings. The summed E-state index contributed by atoms with van der Waals surface area (Å²) in [4.78, 5) is 13.1. The van der Waals surface area contributed by atoms with Crippen molar-refractivity contribution in [1.82, 2.24) is 10.2 Å². The van der Waals surface area contributed by atoms with Crippen LogP contribution >= 0.6 is 0 Å². The molecule has 212 valence electrons. The highest BCUT2D eigenvalue weighted by Crippen LogP contribution is 2.46. The second-order valence-corrected chi connectivity index (χ2v) is 9.92. The van der Waals surface area contributed by atoms with Gasteiger partial charge in [0.05, 0.1) is 0 Å². The van der Waals surface area contributed by atoms with Crippen LogP contribution in [0.5, 0.6) is 11.5 Å². The summed E-state index contributed by atoms with van der Waals surface area (Å²) < 4.78 is 12.3. The Morgan fingerprint density at radius 3 is 2.27 bits per heavy atom. The standard InChI is InChI=1S/C30H34B2N2O7/c1-20-26-15-12-24(32(38)39)19-27(26)41-30(29(20)21-6-10-23(11-7-21)31(36)37)22-8-13-25(14-9-22)40-18-17-33-16-4-5-28(35)34(2)3/h4-15,19,30,33,36-39H,16-18H2,1-3H3/b5-4+. The van der Waals surface area contributed by atoms with Crippen molar-refractivity contribution >= 4 is 42.2 Å². The Morgan fingerprint density at radius 1 is 0.976 bits per heavy atom. The number of nitrogens with zero attached hydrogens (tertiary/aromatic N) is 1. The number of likely N-dealkylation sites (N-methyl/N-ethyl adjacent to an activating group) is 1. The largest absolute Gasteiger partial charge is 0.492 e. The molecule has 4 rings (SSSR count). The number of fused-ring (bicyclic) bond motifs is 1. The van der Waals surface area contributed by atoms with Gasteiger partial charge in [0.2, 0.25) is 5.91 Å². The lowest BCUT2D eigenvalue weighted by Crippen LogP contribution is -2.30. The number of allylic oxidation sites excluding steroid dienone is 1. The molecule has 1 amide bonds. The molecular formula is C30H34B2N2O7. The summed E-state index contributed by atoms with van der Waals surface area (Å²) in [6, 6.07) is 19.7. The molecule has 11 heteroatoms. The number of benzene rings is 3. The normalized spacial score (nSPS) is 14.5. The Morgan fingerprint density at radius 2 is 1.63 bits per heavy atom. The predicted molar refractivity (Wildman–Crippen MR) is 161 cm³/mol. The van der Waals surface area contributed by atoms with E-state index < -0.39 is 20.3 Å². The van der Waals surface area contributed by atoms with Gasteiger partial charge in [-0.25, -0.2) is 0 Å². The van der Waals surface area contributed by atoms with Gasteiger partial charge in [-0.2, -0.15) is 0 Å². The van der Waals surface area contributed by atoms with Gasteiger partial charge in [0, 0.05) is 44.4 Å². The van der Waals surface area contributed by atoms with E-state index in [9.17, 15) is 24.9 Å². The molecule has 0 spiro atoms. The highest BCUT2D eigenvalue weighted by molar-refractivity contribution is 6.59. The molecule has 3 aromatic carbocycles. The summed E-state index contributed by atoms with van der Waals surface area (Å²) in [7, 11) is 0.230. The smallest absolute Gasteiger partial charge is 0.488 e. The Hall–Kier alpha value is -3.86. The quantitative estimate of drug-likeness (QED) is 0.133. The van der Waals surface area contributed by atoms with Crippen molar-refractivity contribution < 1.29 is 34.4 Å². The number of nitrogens with one attached hydrogen (secondary N) is 1. The molecule has 0 saturated carbocycles. The molecule has 1 atom stereocenters. The Balaban J connectivity index is 1.51. The number of carbonyl (C=O) groups is 1. The SMILES string of the molecule is CC1=C(c2ccc(B(O)O)cc2)C(c2ccc(OCCNC/C=C/C(=O)N(C)C)cc2)Oc2cc(B(O)O)ccc21. The molecule has 3 aromatic rings. The third-order valence-corrected chi connectivity index (χ3v) is 6.83. The Bertz CT molecular complexity index is 1410. The first-order chi connectivity index (χ1) is 19.7. The van der Waals surface area contributed by atoms with Gasteiger partial charge in [0.15, 0.2) is 0 Å². The molecule has 0 aliphatic carbocycles. The molecule has 9 nitrogen and oxygen atoms in total. The Kier molecular flexibility index (Phi) is 10.0. The lowest BCUT2D eigenvalue weighted by molar-refractivity contribution is -0.123. The minimum absolute atomic E-state index is 0.0610. The van der Waals surface area contributed by atoms with E-state index in [0.717, 1.165) is 27.8 Å². The molecule has 1 unspecified atom stereocenters. The maximum Gasteiger partial charge on any atom is 0.488 e. The number of carbonyl (C=O) groups excluding carboxylic acids is 1. The molecular weight excluding hydrogens is 522 g/mol. The van der Waals surface area contributed by atoms with Crippen LogP contribution in [0.4, 0.5) is 0 Å². The minimum Gasteiger partial charge on any atom is -0.492 e. The van der Waals surface area contributed by atoms with Gasteiger partial charge in [-0.15, -0.1) is 0 Å². The third-order valence-electron chi connectivity index (χ3n) is 6.83. The summed E-state index contributed by atoms with van der Waals surface area (Å²) >= 11 is 0. The van der Waals surface area contributed by atoms with E-state index in [1.807, 2.05) is 49.4 Å². The molecule has 1 heterocycles. The maximum atomic E-state index is 11.6. The number of rotatable bonds is 11. The van der Waals surface area contributed by atoms with Crippen LogP contribution in [0.1, 0.15) is 29.7 Å². The summed E-state index contributed by atoms with van der Waals surface area (Å²) in [5, 5.41) is 41.6. The van der Waals surface area contributed by atoms with Gasteiger partial charge < -0.3 is 39.8 Å². The third kappa shape index (κ3) is 7.46.